The third-order valence-electron chi connectivity index (χ3n) is 5.76. The van der Waals surface area contributed by atoms with Crippen LogP contribution in [-0.4, -0.2) is 69.7 Å². The zero-order chi connectivity index (χ0) is 21.8. The summed E-state index contributed by atoms with van der Waals surface area (Å²) >= 11 is 0. The Morgan fingerprint density at radius 3 is 2.94 bits per heavy atom. The number of imidazole rings is 1. The van der Waals surface area contributed by atoms with Gasteiger partial charge in [0.2, 0.25) is 11.8 Å². The first-order valence-corrected chi connectivity index (χ1v) is 10.5. The van der Waals surface area contributed by atoms with Crippen molar-refractivity contribution >= 4 is 5.91 Å². The van der Waals surface area contributed by atoms with Gasteiger partial charge < -0.3 is 34.5 Å². The molecule has 10 nitrogen and oxygen atoms in total. The number of fused-ring (bicyclic) bond motifs is 1. The highest BCUT2D eigenvalue weighted by Crippen LogP contribution is 2.35. The summed E-state index contributed by atoms with van der Waals surface area (Å²) in [5.41, 5.74) is 0.936. The fraction of sp³-hybridized carbons (Fsp3) is 0.571. The van der Waals surface area contributed by atoms with Gasteiger partial charge in [0.25, 0.3) is 0 Å². The Bertz CT molecular complexity index is 891. The molecule has 1 amide bonds. The first-order valence-electron chi connectivity index (χ1n) is 10.5. The van der Waals surface area contributed by atoms with Gasteiger partial charge >= 0.3 is 0 Å². The molecule has 168 valence electrons. The Balaban J connectivity index is 1.19. The average molecular weight is 431 g/mol. The van der Waals surface area contributed by atoms with Crippen LogP contribution in [-0.2, 0) is 34.4 Å². The molecule has 2 fully saturated rings. The standard InChI is InChI=1S/C21H29N5O5/c1-26-7-6-23-17(26)12-25-18(27)9-14-8-15-20(30-14)19(28)16(31-15)11-22-10-13-4-3-5-24-21(13)29-2/h3-7,14-16,19-20,22,28H,8-12H2,1-2H3,(H,25,27). The molecule has 2 aliphatic heterocycles. The van der Waals surface area contributed by atoms with Crippen LogP contribution < -0.4 is 15.4 Å². The van der Waals surface area contributed by atoms with E-state index in [1.54, 1.807) is 19.5 Å². The lowest BCUT2D eigenvalue weighted by atomic mass is 10.1. The molecule has 2 aromatic heterocycles. The van der Waals surface area contributed by atoms with E-state index in [1.807, 2.05) is 29.9 Å². The number of amides is 1. The molecule has 0 aromatic carbocycles. The van der Waals surface area contributed by atoms with E-state index in [0.29, 0.717) is 31.9 Å². The highest BCUT2D eigenvalue weighted by molar-refractivity contribution is 5.76. The predicted molar refractivity (Wildman–Crippen MR) is 110 cm³/mol. The maximum atomic E-state index is 12.2. The lowest BCUT2D eigenvalue weighted by molar-refractivity contribution is -0.125. The lowest BCUT2D eigenvalue weighted by Crippen LogP contribution is -2.39. The zero-order valence-electron chi connectivity index (χ0n) is 17.7. The number of aliphatic hydroxyl groups excluding tert-OH is 1. The van der Waals surface area contributed by atoms with Gasteiger partial charge in [-0.25, -0.2) is 9.97 Å². The number of carbonyl (C=O) groups is 1. The molecule has 4 rings (SSSR count). The van der Waals surface area contributed by atoms with Crippen LogP contribution in [0.2, 0.25) is 0 Å². The highest BCUT2D eigenvalue weighted by atomic mass is 16.6. The van der Waals surface area contributed by atoms with Crippen molar-refractivity contribution in [1.29, 1.82) is 0 Å². The molecule has 0 radical (unpaired) electrons. The Labute approximate surface area is 180 Å². The van der Waals surface area contributed by atoms with Crippen LogP contribution in [0, 0.1) is 0 Å². The van der Waals surface area contributed by atoms with Crippen molar-refractivity contribution < 1.29 is 24.1 Å². The lowest BCUT2D eigenvalue weighted by Gasteiger charge is -2.20. The number of pyridine rings is 1. The fourth-order valence-electron chi connectivity index (χ4n) is 4.12. The van der Waals surface area contributed by atoms with Gasteiger partial charge in [-0.15, -0.1) is 0 Å². The van der Waals surface area contributed by atoms with Crippen LogP contribution in [0.15, 0.2) is 30.7 Å². The van der Waals surface area contributed by atoms with Gasteiger partial charge in [-0.1, -0.05) is 6.07 Å². The molecule has 0 saturated carbocycles. The number of rotatable bonds is 9. The second-order valence-corrected chi connectivity index (χ2v) is 7.90. The first-order chi connectivity index (χ1) is 15.0. The normalized spacial score (nSPS) is 27.3. The summed E-state index contributed by atoms with van der Waals surface area (Å²) in [6, 6.07) is 3.79. The molecule has 0 spiro atoms. The van der Waals surface area contributed by atoms with Crippen molar-refractivity contribution in [1.82, 2.24) is 25.2 Å². The van der Waals surface area contributed by atoms with E-state index in [0.717, 1.165) is 11.4 Å². The van der Waals surface area contributed by atoms with Gasteiger partial charge in [-0.05, 0) is 6.07 Å². The van der Waals surface area contributed by atoms with Crippen molar-refractivity contribution in [2.24, 2.45) is 7.05 Å². The molecule has 31 heavy (non-hydrogen) atoms. The number of hydrogen-bond acceptors (Lipinski definition) is 8. The number of carbonyl (C=O) groups excluding carboxylic acids is 1. The Kier molecular flexibility index (Phi) is 6.81. The van der Waals surface area contributed by atoms with Crippen molar-refractivity contribution in [3.63, 3.8) is 0 Å². The smallest absolute Gasteiger partial charge is 0.222 e. The SMILES string of the molecule is COc1ncccc1CNCC1OC2CC(CC(=O)NCc3nccn3C)OC2C1O. The minimum atomic E-state index is -0.742. The Morgan fingerprint density at radius 2 is 2.19 bits per heavy atom. The van der Waals surface area contributed by atoms with E-state index in [1.165, 1.54) is 0 Å². The molecule has 5 atom stereocenters. The maximum Gasteiger partial charge on any atom is 0.222 e. The summed E-state index contributed by atoms with van der Waals surface area (Å²) in [5.74, 6) is 1.26. The number of aromatic nitrogens is 3. The number of nitrogens with zero attached hydrogens (tertiary/aromatic N) is 3. The van der Waals surface area contributed by atoms with Gasteiger partial charge in [0.05, 0.1) is 38.4 Å². The van der Waals surface area contributed by atoms with Crippen molar-refractivity contribution in [2.75, 3.05) is 13.7 Å². The molecule has 5 unspecified atom stereocenters. The summed E-state index contributed by atoms with van der Waals surface area (Å²) < 4.78 is 19.1. The molecule has 3 N–H and O–H groups in total. The summed E-state index contributed by atoms with van der Waals surface area (Å²) in [6.45, 7) is 1.40. The van der Waals surface area contributed by atoms with E-state index >= 15 is 0 Å². The number of ether oxygens (including phenoxy) is 3. The molecule has 2 aliphatic rings. The zero-order valence-corrected chi connectivity index (χ0v) is 17.7. The summed E-state index contributed by atoms with van der Waals surface area (Å²) in [7, 11) is 3.47. The number of aliphatic hydroxyl groups is 1. The molecule has 0 bridgehead atoms. The molecular weight excluding hydrogens is 402 g/mol. The summed E-state index contributed by atoms with van der Waals surface area (Å²) in [5, 5.41) is 16.8. The van der Waals surface area contributed by atoms with Crippen LogP contribution >= 0.6 is 0 Å². The van der Waals surface area contributed by atoms with Crippen LogP contribution in [0.1, 0.15) is 24.2 Å². The highest BCUT2D eigenvalue weighted by Gasteiger charge is 2.50. The largest absolute Gasteiger partial charge is 0.481 e. The quantitative estimate of drug-likeness (QED) is 0.504. The summed E-state index contributed by atoms with van der Waals surface area (Å²) in [4.78, 5) is 20.6. The van der Waals surface area contributed by atoms with Gasteiger partial charge in [-0.3, -0.25) is 4.79 Å². The third-order valence-corrected chi connectivity index (χ3v) is 5.76. The number of nitrogens with one attached hydrogen (secondary N) is 2. The van der Waals surface area contributed by atoms with E-state index in [9.17, 15) is 9.90 Å². The van der Waals surface area contributed by atoms with Gasteiger partial charge in [0.15, 0.2) is 0 Å². The minimum Gasteiger partial charge on any atom is -0.481 e. The Morgan fingerprint density at radius 1 is 1.32 bits per heavy atom. The van der Waals surface area contributed by atoms with Gasteiger partial charge in [0, 0.05) is 50.7 Å². The molecule has 2 saturated heterocycles. The van der Waals surface area contributed by atoms with E-state index in [2.05, 4.69) is 20.6 Å². The van der Waals surface area contributed by atoms with Crippen molar-refractivity contribution in [3.05, 3.63) is 42.1 Å². The van der Waals surface area contributed by atoms with Gasteiger partial charge in [0.1, 0.15) is 18.0 Å². The molecule has 10 heteroatoms. The average Bonchev–Trinajstić information content (AvgIpc) is 3.43. The Hall–Kier alpha value is -2.53. The fourth-order valence-corrected chi connectivity index (χ4v) is 4.12. The van der Waals surface area contributed by atoms with Crippen LogP contribution in [0.4, 0.5) is 0 Å². The number of methoxy groups -OCH3 is 1. The number of aryl methyl sites for hydroxylation is 1. The van der Waals surface area contributed by atoms with Crippen LogP contribution in [0.3, 0.4) is 0 Å². The second-order valence-electron chi connectivity index (χ2n) is 7.90. The van der Waals surface area contributed by atoms with Gasteiger partial charge in [-0.2, -0.15) is 0 Å². The molecule has 4 heterocycles. The predicted octanol–water partition coefficient (Wildman–Crippen LogP) is -0.0944. The summed E-state index contributed by atoms with van der Waals surface area (Å²) in [6.07, 6.45) is 4.04. The third kappa shape index (κ3) is 5.04. The van der Waals surface area contributed by atoms with Crippen LogP contribution in [0.5, 0.6) is 5.88 Å². The monoisotopic (exact) mass is 431 g/mol. The topological polar surface area (TPSA) is 120 Å². The van der Waals surface area contributed by atoms with E-state index in [4.69, 9.17) is 14.2 Å². The van der Waals surface area contributed by atoms with Crippen LogP contribution in [0.25, 0.3) is 0 Å². The second kappa shape index (κ2) is 9.73. The van der Waals surface area contributed by atoms with Crippen molar-refractivity contribution in [2.45, 2.75) is 56.5 Å². The number of hydrogen-bond donors (Lipinski definition) is 3. The molecule has 0 aliphatic carbocycles. The van der Waals surface area contributed by atoms with Crippen molar-refractivity contribution in [3.8, 4) is 5.88 Å². The maximum absolute atomic E-state index is 12.2. The van der Waals surface area contributed by atoms with E-state index < -0.39 is 12.2 Å². The molecule has 2 aromatic rings. The minimum absolute atomic E-state index is 0.105. The molecular formula is C21H29N5O5. The first kappa shape index (κ1) is 21.7. The van der Waals surface area contributed by atoms with E-state index in [-0.39, 0.29) is 30.6 Å².